The van der Waals surface area contributed by atoms with Crippen LogP contribution in [0.15, 0.2) is 0 Å². The normalized spacial score (nSPS) is 39.8. The first kappa shape index (κ1) is 17.0. The van der Waals surface area contributed by atoms with E-state index < -0.39 is 0 Å². The third-order valence-electron chi connectivity index (χ3n) is 6.09. The minimum absolute atomic E-state index is 0. The smallest absolute Gasteiger partial charge is 0.0623 e. The zero-order valence-electron chi connectivity index (χ0n) is 13.6. The summed E-state index contributed by atoms with van der Waals surface area (Å²) in [6, 6.07) is 2.27. The molecule has 4 unspecified atom stereocenters. The molecule has 2 saturated heterocycles. The number of nitrogens with zero attached hydrogens (tertiary/aromatic N) is 1. The lowest BCUT2D eigenvalue weighted by Gasteiger charge is -2.33. The van der Waals surface area contributed by atoms with Crippen LogP contribution in [0.1, 0.15) is 38.5 Å². The van der Waals surface area contributed by atoms with Crippen molar-refractivity contribution in [3.63, 3.8) is 0 Å². The topological polar surface area (TPSA) is 36.5 Å². The van der Waals surface area contributed by atoms with Gasteiger partial charge in [-0.2, -0.15) is 0 Å². The van der Waals surface area contributed by atoms with Gasteiger partial charge in [-0.3, -0.25) is 0 Å². The lowest BCUT2D eigenvalue weighted by Crippen LogP contribution is -2.51. The van der Waals surface area contributed by atoms with Crippen molar-refractivity contribution in [1.82, 2.24) is 15.5 Å². The van der Waals surface area contributed by atoms with E-state index in [1.54, 1.807) is 0 Å². The molecular formula is C17H32ClN3O. The van der Waals surface area contributed by atoms with Gasteiger partial charge in [-0.1, -0.05) is 6.42 Å². The van der Waals surface area contributed by atoms with Gasteiger partial charge in [0.15, 0.2) is 0 Å². The van der Waals surface area contributed by atoms with E-state index in [4.69, 9.17) is 4.74 Å². The van der Waals surface area contributed by atoms with E-state index in [9.17, 15) is 0 Å². The van der Waals surface area contributed by atoms with Crippen LogP contribution in [0.3, 0.4) is 0 Å². The third-order valence-corrected chi connectivity index (χ3v) is 6.09. The Morgan fingerprint density at radius 3 is 2.82 bits per heavy atom. The van der Waals surface area contributed by atoms with E-state index in [0.29, 0.717) is 6.04 Å². The summed E-state index contributed by atoms with van der Waals surface area (Å²) in [4.78, 5) is 2.73. The first-order chi connectivity index (χ1) is 10.4. The lowest BCUT2D eigenvalue weighted by atomic mass is 9.93. The minimum Gasteiger partial charge on any atom is -0.379 e. The molecule has 0 bridgehead atoms. The number of halogens is 1. The summed E-state index contributed by atoms with van der Waals surface area (Å²) in [5.41, 5.74) is 0. The van der Waals surface area contributed by atoms with Crippen LogP contribution in [0.4, 0.5) is 0 Å². The van der Waals surface area contributed by atoms with Gasteiger partial charge >= 0.3 is 0 Å². The number of hydrogen-bond donors (Lipinski definition) is 2. The summed E-state index contributed by atoms with van der Waals surface area (Å²) in [5.74, 6) is 1.67. The van der Waals surface area contributed by atoms with Crippen LogP contribution in [0.2, 0.25) is 0 Å². The third kappa shape index (κ3) is 3.96. The zero-order valence-corrected chi connectivity index (χ0v) is 14.5. The molecule has 0 aromatic rings. The SMILES string of the molecule is C1CC(NCC2CCN(C3CC3)C2)C(C2COCCN2)C1.Cl. The first-order valence-electron chi connectivity index (χ1n) is 9.19. The molecule has 0 aromatic carbocycles. The molecule has 4 fully saturated rings. The molecule has 5 heteroatoms. The van der Waals surface area contributed by atoms with Gasteiger partial charge in [0.25, 0.3) is 0 Å². The molecule has 0 aromatic heterocycles. The van der Waals surface area contributed by atoms with Gasteiger partial charge in [-0.25, -0.2) is 0 Å². The standard InChI is InChI=1S/C17H31N3O.ClH/c1-2-15(17-12-21-9-7-18-17)16(3-1)19-10-13-6-8-20(11-13)14-4-5-14;/h13-19H,1-12H2;1H. The Morgan fingerprint density at radius 1 is 1.14 bits per heavy atom. The Bertz CT molecular complexity index is 347. The van der Waals surface area contributed by atoms with Crippen molar-refractivity contribution in [2.75, 3.05) is 39.4 Å². The van der Waals surface area contributed by atoms with Crippen LogP contribution < -0.4 is 10.6 Å². The highest BCUT2D eigenvalue weighted by atomic mass is 35.5. The van der Waals surface area contributed by atoms with Gasteiger partial charge in [0.05, 0.1) is 13.2 Å². The molecular weight excluding hydrogens is 298 g/mol. The van der Waals surface area contributed by atoms with Crippen LogP contribution in [-0.4, -0.2) is 62.4 Å². The molecule has 2 N–H and O–H groups in total. The molecule has 4 atom stereocenters. The molecule has 2 saturated carbocycles. The van der Waals surface area contributed by atoms with Crippen molar-refractivity contribution in [3.05, 3.63) is 0 Å². The fraction of sp³-hybridized carbons (Fsp3) is 1.00. The molecule has 0 radical (unpaired) electrons. The van der Waals surface area contributed by atoms with Gasteiger partial charge in [0.2, 0.25) is 0 Å². The number of hydrogen-bond acceptors (Lipinski definition) is 4. The lowest BCUT2D eigenvalue weighted by molar-refractivity contribution is 0.0523. The van der Waals surface area contributed by atoms with Crippen LogP contribution >= 0.6 is 12.4 Å². The Labute approximate surface area is 141 Å². The van der Waals surface area contributed by atoms with Gasteiger partial charge in [-0.05, 0) is 57.0 Å². The van der Waals surface area contributed by atoms with Crippen molar-refractivity contribution in [2.24, 2.45) is 11.8 Å². The Balaban J connectivity index is 0.00000144. The number of nitrogens with one attached hydrogen (secondary N) is 2. The van der Waals surface area contributed by atoms with Crippen LogP contribution in [0.5, 0.6) is 0 Å². The summed E-state index contributed by atoms with van der Waals surface area (Å²) in [7, 11) is 0. The Morgan fingerprint density at radius 2 is 2.05 bits per heavy atom. The van der Waals surface area contributed by atoms with Gasteiger partial charge in [0, 0.05) is 31.2 Å². The van der Waals surface area contributed by atoms with Crippen LogP contribution in [-0.2, 0) is 4.74 Å². The molecule has 4 nitrogen and oxygen atoms in total. The number of rotatable bonds is 5. The Kier molecular flexibility index (Phi) is 6.02. The predicted molar refractivity (Wildman–Crippen MR) is 91.7 cm³/mol. The average Bonchev–Trinajstić information content (AvgIpc) is 3.10. The van der Waals surface area contributed by atoms with Crippen LogP contribution in [0, 0.1) is 11.8 Å². The minimum atomic E-state index is 0. The number of likely N-dealkylation sites (tertiary alicyclic amines) is 1. The molecule has 4 rings (SSSR count). The monoisotopic (exact) mass is 329 g/mol. The summed E-state index contributed by atoms with van der Waals surface area (Å²) in [6.07, 6.45) is 8.45. The maximum absolute atomic E-state index is 5.67. The van der Waals surface area contributed by atoms with E-state index in [2.05, 4.69) is 15.5 Å². The highest BCUT2D eigenvalue weighted by Crippen LogP contribution is 2.32. The second-order valence-corrected chi connectivity index (χ2v) is 7.63. The highest BCUT2D eigenvalue weighted by Gasteiger charge is 2.37. The summed E-state index contributed by atoms with van der Waals surface area (Å²) in [5, 5.41) is 7.60. The quantitative estimate of drug-likeness (QED) is 0.804. The molecule has 0 amide bonds. The van der Waals surface area contributed by atoms with Crippen molar-refractivity contribution in [3.8, 4) is 0 Å². The van der Waals surface area contributed by atoms with Crippen molar-refractivity contribution < 1.29 is 4.74 Å². The average molecular weight is 330 g/mol. The second kappa shape index (κ2) is 7.80. The number of ether oxygens (including phenoxy) is 1. The molecule has 128 valence electrons. The van der Waals surface area contributed by atoms with E-state index in [1.807, 2.05) is 0 Å². The van der Waals surface area contributed by atoms with Crippen LogP contribution in [0.25, 0.3) is 0 Å². The molecule has 0 spiro atoms. The molecule has 4 aliphatic rings. The largest absolute Gasteiger partial charge is 0.379 e. The summed E-state index contributed by atoms with van der Waals surface area (Å²) in [6.45, 7) is 6.77. The molecule has 2 aliphatic carbocycles. The molecule has 2 aliphatic heterocycles. The van der Waals surface area contributed by atoms with Gasteiger partial charge in [0.1, 0.15) is 0 Å². The highest BCUT2D eigenvalue weighted by molar-refractivity contribution is 5.85. The van der Waals surface area contributed by atoms with E-state index in [-0.39, 0.29) is 12.4 Å². The summed E-state index contributed by atoms with van der Waals surface area (Å²) >= 11 is 0. The number of morpholine rings is 1. The fourth-order valence-corrected chi connectivity index (χ4v) is 4.70. The Hall–Kier alpha value is 0.130. The van der Waals surface area contributed by atoms with Gasteiger partial charge < -0.3 is 20.3 Å². The second-order valence-electron chi connectivity index (χ2n) is 7.63. The fourth-order valence-electron chi connectivity index (χ4n) is 4.70. The molecule has 2 heterocycles. The summed E-state index contributed by atoms with van der Waals surface area (Å²) < 4.78 is 5.67. The predicted octanol–water partition coefficient (Wildman–Crippen LogP) is 1.64. The zero-order chi connectivity index (χ0) is 14.1. The van der Waals surface area contributed by atoms with Crippen molar-refractivity contribution in [1.29, 1.82) is 0 Å². The van der Waals surface area contributed by atoms with E-state index in [0.717, 1.165) is 43.7 Å². The van der Waals surface area contributed by atoms with Crippen molar-refractivity contribution in [2.45, 2.75) is 56.7 Å². The maximum atomic E-state index is 5.67. The van der Waals surface area contributed by atoms with E-state index >= 15 is 0 Å². The maximum Gasteiger partial charge on any atom is 0.0623 e. The van der Waals surface area contributed by atoms with Gasteiger partial charge in [-0.15, -0.1) is 12.4 Å². The van der Waals surface area contributed by atoms with E-state index in [1.165, 1.54) is 58.2 Å². The first-order valence-corrected chi connectivity index (χ1v) is 9.19. The molecule has 22 heavy (non-hydrogen) atoms. The van der Waals surface area contributed by atoms with Crippen molar-refractivity contribution >= 4 is 12.4 Å².